The Balaban J connectivity index is 2.80. The zero-order chi connectivity index (χ0) is 17.2. The van der Waals surface area contributed by atoms with E-state index in [9.17, 15) is 35.8 Å². The second-order valence-corrected chi connectivity index (χ2v) is 4.61. The van der Waals surface area contributed by atoms with E-state index in [1.54, 1.807) is 0 Å². The van der Waals surface area contributed by atoms with E-state index in [1.165, 1.54) is 0 Å². The highest BCUT2D eigenvalue weighted by molar-refractivity contribution is 6.11. The number of halogens is 7. The van der Waals surface area contributed by atoms with Crippen LogP contribution < -0.4 is 0 Å². The summed E-state index contributed by atoms with van der Waals surface area (Å²) in [5.74, 6) is -17.7. The summed E-state index contributed by atoms with van der Waals surface area (Å²) in [6, 6.07) is 0.207. The average molecular weight is 336 g/mol. The van der Waals surface area contributed by atoms with Crippen molar-refractivity contribution < 1.29 is 40.9 Å². The highest BCUT2D eigenvalue weighted by Crippen LogP contribution is 2.42. The van der Waals surface area contributed by atoms with Crippen LogP contribution in [0.1, 0.15) is 0 Å². The smallest absolute Gasteiger partial charge is 0.204 e. The van der Waals surface area contributed by atoms with Crippen molar-refractivity contribution in [3.63, 3.8) is 0 Å². The van der Waals surface area contributed by atoms with Crippen LogP contribution in [0.3, 0.4) is 0 Å². The average Bonchev–Trinajstić information content (AvgIpc) is 2.53. The van der Waals surface area contributed by atoms with Gasteiger partial charge >= 0.3 is 0 Å². The van der Waals surface area contributed by atoms with Crippen LogP contribution in [0.5, 0.6) is 11.5 Å². The molecule has 0 unspecified atom stereocenters. The van der Waals surface area contributed by atoms with Crippen molar-refractivity contribution in [3.8, 4) is 11.5 Å². The fraction of sp³-hybridized carbons (Fsp3) is 0. The molecule has 9 heteroatoms. The maximum absolute atomic E-state index is 14.0. The van der Waals surface area contributed by atoms with Crippen molar-refractivity contribution in [2.24, 2.45) is 0 Å². The second-order valence-electron chi connectivity index (χ2n) is 4.61. The van der Waals surface area contributed by atoms with E-state index in [-0.39, 0.29) is 6.07 Å². The molecule has 0 aliphatic heterocycles. The van der Waals surface area contributed by atoms with Gasteiger partial charge in [-0.3, -0.25) is 0 Å². The summed E-state index contributed by atoms with van der Waals surface area (Å²) < 4.78 is 95.8. The van der Waals surface area contributed by atoms with Crippen LogP contribution in [-0.4, -0.2) is 10.2 Å². The first-order chi connectivity index (χ1) is 10.7. The summed E-state index contributed by atoms with van der Waals surface area (Å²) in [6.45, 7) is 0. The molecule has 3 aromatic carbocycles. The molecule has 23 heavy (non-hydrogen) atoms. The molecule has 3 rings (SSSR count). The molecular formula is C14H3F7O2. The molecule has 0 aliphatic rings. The van der Waals surface area contributed by atoms with E-state index in [0.717, 1.165) is 0 Å². The Morgan fingerprint density at radius 1 is 0.522 bits per heavy atom. The first-order valence-corrected chi connectivity index (χ1v) is 5.85. The second kappa shape index (κ2) is 4.64. The minimum absolute atomic E-state index is 0.207. The van der Waals surface area contributed by atoms with Crippen molar-refractivity contribution >= 4 is 21.5 Å². The van der Waals surface area contributed by atoms with Crippen molar-refractivity contribution in [2.75, 3.05) is 0 Å². The first kappa shape index (κ1) is 15.2. The van der Waals surface area contributed by atoms with Gasteiger partial charge in [0.25, 0.3) is 0 Å². The summed E-state index contributed by atoms with van der Waals surface area (Å²) in [5, 5.41) is 13.4. The van der Waals surface area contributed by atoms with Gasteiger partial charge in [0.15, 0.2) is 34.8 Å². The molecule has 0 saturated heterocycles. The van der Waals surface area contributed by atoms with Gasteiger partial charge in [0.05, 0.1) is 5.39 Å². The van der Waals surface area contributed by atoms with Crippen LogP contribution in [0.15, 0.2) is 6.07 Å². The molecule has 0 spiro atoms. The molecule has 2 N–H and O–H groups in total. The van der Waals surface area contributed by atoms with Gasteiger partial charge in [-0.1, -0.05) is 0 Å². The normalized spacial score (nSPS) is 11.6. The lowest BCUT2D eigenvalue weighted by molar-refractivity contribution is 0.381. The standard InChI is InChI=1S/C14H3F7O2/c15-3-1-2-4(7(16)10(19)12(21)13(2)22)6-5(3)9(18)14(23)11(20)8(6)17/h1,22-23H. The van der Waals surface area contributed by atoms with Crippen LogP contribution in [0, 0.1) is 40.7 Å². The van der Waals surface area contributed by atoms with Gasteiger partial charge in [0.2, 0.25) is 11.6 Å². The molecule has 3 aromatic rings. The first-order valence-electron chi connectivity index (χ1n) is 5.85. The van der Waals surface area contributed by atoms with Crippen LogP contribution in [0.25, 0.3) is 21.5 Å². The Hall–Kier alpha value is -2.71. The summed E-state index contributed by atoms with van der Waals surface area (Å²) in [4.78, 5) is 0. The van der Waals surface area contributed by atoms with Gasteiger partial charge in [0, 0.05) is 16.2 Å². The third-order valence-electron chi connectivity index (χ3n) is 3.39. The molecule has 120 valence electrons. The molecule has 0 amide bonds. The topological polar surface area (TPSA) is 40.5 Å². The zero-order valence-electron chi connectivity index (χ0n) is 10.6. The molecule has 0 radical (unpaired) electrons. The summed E-state index contributed by atoms with van der Waals surface area (Å²) >= 11 is 0. The van der Waals surface area contributed by atoms with Gasteiger partial charge in [-0.05, 0) is 6.07 Å². The lowest BCUT2D eigenvalue weighted by atomic mass is 9.98. The predicted octanol–water partition coefficient (Wildman–Crippen LogP) is 4.38. The number of phenols is 2. The lowest BCUT2D eigenvalue weighted by Gasteiger charge is -2.12. The molecule has 0 saturated carbocycles. The van der Waals surface area contributed by atoms with Crippen LogP contribution in [0.2, 0.25) is 0 Å². The highest BCUT2D eigenvalue weighted by atomic mass is 19.2. The van der Waals surface area contributed by atoms with Gasteiger partial charge < -0.3 is 10.2 Å². The Kier molecular flexibility index (Phi) is 3.07. The number of hydrogen-bond acceptors (Lipinski definition) is 2. The fourth-order valence-electron chi connectivity index (χ4n) is 2.36. The van der Waals surface area contributed by atoms with Crippen LogP contribution >= 0.6 is 0 Å². The monoisotopic (exact) mass is 336 g/mol. The van der Waals surface area contributed by atoms with E-state index in [4.69, 9.17) is 5.11 Å². The Morgan fingerprint density at radius 2 is 1.04 bits per heavy atom. The van der Waals surface area contributed by atoms with E-state index in [1.807, 2.05) is 0 Å². The van der Waals surface area contributed by atoms with Gasteiger partial charge in [0.1, 0.15) is 5.82 Å². The number of hydrogen-bond donors (Lipinski definition) is 2. The third-order valence-corrected chi connectivity index (χ3v) is 3.39. The van der Waals surface area contributed by atoms with E-state index >= 15 is 0 Å². The lowest BCUT2D eigenvalue weighted by Crippen LogP contribution is -2.01. The van der Waals surface area contributed by atoms with E-state index in [0.29, 0.717) is 0 Å². The Bertz CT molecular complexity index is 1010. The van der Waals surface area contributed by atoms with Gasteiger partial charge in [-0.15, -0.1) is 0 Å². The number of aromatic hydroxyl groups is 2. The minimum Gasteiger partial charge on any atom is -0.504 e. The summed E-state index contributed by atoms with van der Waals surface area (Å²) in [5.41, 5.74) is 0. The highest BCUT2D eigenvalue weighted by Gasteiger charge is 2.29. The molecule has 0 bridgehead atoms. The van der Waals surface area contributed by atoms with Crippen molar-refractivity contribution in [2.45, 2.75) is 0 Å². The maximum Gasteiger partial charge on any atom is 0.204 e. The fourth-order valence-corrected chi connectivity index (χ4v) is 2.36. The quantitative estimate of drug-likeness (QED) is 0.277. The van der Waals surface area contributed by atoms with E-state index < -0.39 is 73.8 Å². The van der Waals surface area contributed by atoms with Gasteiger partial charge in [-0.2, -0.15) is 8.78 Å². The van der Waals surface area contributed by atoms with Crippen molar-refractivity contribution in [3.05, 3.63) is 46.8 Å². The predicted molar refractivity (Wildman–Crippen MR) is 64.5 cm³/mol. The molecular weight excluding hydrogens is 333 g/mol. The minimum atomic E-state index is -2.24. The molecule has 0 atom stereocenters. The van der Waals surface area contributed by atoms with Gasteiger partial charge in [-0.25, -0.2) is 22.0 Å². The summed E-state index contributed by atoms with van der Waals surface area (Å²) in [7, 11) is 0. The summed E-state index contributed by atoms with van der Waals surface area (Å²) in [6.07, 6.45) is 0. The zero-order valence-corrected chi connectivity index (χ0v) is 10.6. The number of rotatable bonds is 0. The van der Waals surface area contributed by atoms with Crippen LogP contribution in [-0.2, 0) is 0 Å². The van der Waals surface area contributed by atoms with Crippen LogP contribution in [0.4, 0.5) is 30.7 Å². The molecule has 0 aromatic heterocycles. The Labute approximate surface area is 122 Å². The SMILES string of the molecule is Oc1c(F)c(F)c2c(c(F)cc3c(O)c(F)c(F)c(F)c32)c1F. The number of benzene rings is 3. The molecule has 0 heterocycles. The number of phenolic OH excluding ortho intramolecular Hbond substituents is 2. The number of fused-ring (bicyclic) bond motifs is 3. The molecule has 0 fully saturated rings. The Morgan fingerprint density at radius 3 is 1.65 bits per heavy atom. The largest absolute Gasteiger partial charge is 0.504 e. The van der Waals surface area contributed by atoms with E-state index in [2.05, 4.69) is 0 Å². The van der Waals surface area contributed by atoms with Crippen molar-refractivity contribution in [1.29, 1.82) is 0 Å². The maximum atomic E-state index is 14.0. The molecule has 0 aliphatic carbocycles. The third kappa shape index (κ3) is 1.76. The molecule has 2 nitrogen and oxygen atoms in total. The van der Waals surface area contributed by atoms with Crippen molar-refractivity contribution in [1.82, 2.24) is 0 Å².